The van der Waals surface area contributed by atoms with Crippen molar-refractivity contribution in [1.29, 1.82) is 0 Å². The van der Waals surface area contributed by atoms with Gasteiger partial charge in [0, 0.05) is 11.4 Å². The lowest BCUT2D eigenvalue weighted by Crippen LogP contribution is -2.77. The number of hydrazine groups is 2. The van der Waals surface area contributed by atoms with Crippen LogP contribution in [0.3, 0.4) is 0 Å². The number of methoxy groups -OCH3 is 1. The van der Waals surface area contributed by atoms with Gasteiger partial charge in [-0.2, -0.15) is 0 Å². The Morgan fingerprint density at radius 3 is 1.48 bits per heavy atom. The Kier molecular flexibility index (Phi) is 6.77. The molecule has 0 bridgehead atoms. The first-order valence-corrected chi connectivity index (χ1v) is 9.74. The average molecular weight is 469 g/mol. The number of ether oxygens (including phenoxy) is 3. The third-order valence-corrected chi connectivity index (χ3v) is 5.27. The molecule has 15 nitrogen and oxygen atoms in total. The van der Waals surface area contributed by atoms with Crippen molar-refractivity contribution in [2.75, 3.05) is 20.3 Å². The molecule has 0 saturated carbocycles. The Labute approximate surface area is 188 Å². The number of urea groups is 2. The topological polar surface area (TPSA) is 222 Å². The van der Waals surface area contributed by atoms with Crippen LogP contribution in [0.2, 0.25) is 0 Å². The zero-order valence-electron chi connectivity index (χ0n) is 18.8. The number of carbonyl (C=O) groups excluding carboxylic acids is 5. The molecule has 2 aliphatic heterocycles. The van der Waals surface area contributed by atoms with Gasteiger partial charge in [-0.15, -0.1) is 0 Å². The Bertz CT molecular complexity index is 911. The van der Waals surface area contributed by atoms with E-state index in [0.717, 1.165) is 17.1 Å². The average Bonchev–Trinajstić information content (AvgIpc) is 3.02. The van der Waals surface area contributed by atoms with Gasteiger partial charge in [-0.3, -0.25) is 10.5 Å². The molecule has 0 spiro atoms. The molecule has 2 aliphatic rings. The summed E-state index contributed by atoms with van der Waals surface area (Å²) in [6, 6.07) is -2.27. The van der Waals surface area contributed by atoms with Crippen LogP contribution in [0.1, 0.15) is 27.7 Å². The largest absolute Gasteiger partial charge is 0.468 e. The standard InChI is InChI=1S/C18H27N7O8/c1-6-32-12(26)10-8(3)24(22-15(19)29)18(21)17(10,14(28)31-5)11(13(27)33-7-2)9(4)25(18)23-16(20)30/h6-7,21H2,1-5H3,(H3,19,22,29)(H3,20,23,30). The van der Waals surface area contributed by atoms with E-state index in [9.17, 15) is 24.0 Å². The molecule has 2 rings (SSSR count). The third kappa shape index (κ3) is 3.36. The van der Waals surface area contributed by atoms with Gasteiger partial charge in [-0.05, 0) is 27.7 Å². The fraction of sp³-hybridized carbons (Fsp3) is 0.500. The second-order valence-electron chi connectivity index (χ2n) is 6.95. The first-order chi connectivity index (χ1) is 15.4. The molecule has 0 saturated heterocycles. The van der Waals surface area contributed by atoms with E-state index in [4.69, 9.17) is 31.4 Å². The zero-order valence-corrected chi connectivity index (χ0v) is 18.8. The quantitative estimate of drug-likeness (QED) is 0.207. The Hall–Kier alpha value is -4.01. The molecule has 0 radical (unpaired) electrons. The summed E-state index contributed by atoms with van der Waals surface area (Å²) in [7, 11) is 1.00. The van der Waals surface area contributed by atoms with Crippen LogP contribution in [-0.4, -0.2) is 66.1 Å². The number of allylic oxidation sites excluding steroid dienone is 2. The maximum Gasteiger partial charge on any atom is 0.337 e. The predicted octanol–water partition coefficient (Wildman–Crippen LogP) is -1.77. The summed E-state index contributed by atoms with van der Waals surface area (Å²) >= 11 is 0. The van der Waals surface area contributed by atoms with Gasteiger partial charge in [0.15, 0.2) is 5.41 Å². The molecule has 0 fully saturated rings. The van der Waals surface area contributed by atoms with Crippen LogP contribution in [-0.2, 0) is 28.6 Å². The Balaban J connectivity index is 3.08. The van der Waals surface area contributed by atoms with Crippen molar-refractivity contribution < 1.29 is 38.2 Å². The minimum atomic E-state index is -2.47. The minimum absolute atomic E-state index is 0.103. The van der Waals surface area contributed by atoms with Crippen molar-refractivity contribution in [3.8, 4) is 0 Å². The van der Waals surface area contributed by atoms with E-state index in [1.165, 1.54) is 27.7 Å². The van der Waals surface area contributed by atoms with Crippen LogP contribution in [0.4, 0.5) is 9.59 Å². The monoisotopic (exact) mass is 469 g/mol. The number of hydrogen-bond acceptors (Lipinski definition) is 11. The number of carbonyl (C=O) groups is 5. The predicted molar refractivity (Wildman–Crippen MR) is 109 cm³/mol. The molecule has 8 N–H and O–H groups in total. The van der Waals surface area contributed by atoms with E-state index in [1.807, 2.05) is 0 Å². The first-order valence-electron chi connectivity index (χ1n) is 9.74. The van der Waals surface area contributed by atoms with Crippen LogP contribution in [0.5, 0.6) is 0 Å². The molecule has 0 aromatic carbocycles. The number of hydrogen-bond donors (Lipinski definition) is 5. The molecule has 0 atom stereocenters. The van der Waals surface area contributed by atoms with Crippen molar-refractivity contribution >= 4 is 30.0 Å². The van der Waals surface area contributed by atoms with Crippen molar-refractivity contribution in [3.05, 3.63) is 22.5 Å². The Morgan fingerprint density at radius 2 is 1.21 bits per heavy atom. The van der Waals surface area contributed by atoms with Crippen molar-refractivity contribution in [1.82, 2.24) is 20.9 Å². The van der Waals surface area contributed by atoms with E-state index < -0.39 is 52.3 Å². The minimum Gasteiger partial charge on any atom is -0.468 e. The maximum atomic E-state index is 13.5. The molecule has 182 valence electrons. The summed E-state index contributed by atoms with van der Waals surface area (Å²) in [5, 5.41) is 1.70. The lowest BCUT2D eigenvalue weighted by atomic mass is 9.71. The summed E-state index contributed by atoms with van der Waals surface area (Å²) < 4.78 is 15.2. The van der Waals surface area contributed by atoms with Crippen LogP contribution >= 0.6 is 0 Å². The smallest absolute Gasteiger partial charge is 0.337 e. The molecule has 0 aromatic rings. The van der Waals surface area contributed by atoms with Gasteiger partial charge < -0.3 is 25.7 Å². The van der Waals surface area contributed by atoms with E-state index in [0.29, 0.717) is 0 Å². The molecule has 2 heterocycles. The van der Waals surface area contributed by atoms with E-state index in [-0.39, 0.29) is 24.6 Å². The van der Waals surface area contributed by atoms with Crippen LogP contribution < -0.4 is 28.1 Å². The van der Waals surface area contributed by atoms with Gasteiger partial charge in [-0.1, -0.05) is 0 Å². The summed E-state index contributed by atoms with van der Waals surface area (Å²) in [6.45, 7) is 5.47. The lowest BCUT2D eigenvalue weighted by molar-refractivity contribution is -0.168. The number of rotatable bonds is 7. The number of nitrogens with zero attached hydrogens (tertiary/aromatic N) is 2. The van der Waals surface area contributed by atoms with Crippen molar-refractivity contribution in [2.45, 2.75) is 33.5 Å². The highest BCUT2D eigenvalue weighted by atomic mass is 16.5. The van der Waals surface area contributed by atoms with E-state index in [1.54, 1.807) is 0 Å². The number of amides is 4. The van der Waals surface area contributed by atoms with Crippen molar-refractivity contribution in [2.24, 2.45) is 22.6 Å². The van der Waals surface area contributed by atoms with E-state index in [2.05, 4.69) is 10.9 Å². The van der Waals surface area contributed by atoms with Gasteiger partial charge in [-0.25, -0.2) is 40.0 Å². The van der Waals surface area contributed by atoms with Crippen LogP contribution in [0.15, 0.2) is 22.5 Å². The molecular formula is C18H27N7O8. The molecule has 0 aliphatic carbocycles. The molecular weight excluding hydrogens is 442 g/mol. The normalized spacial score (nSPS) is 23.8. The lowest BCUT2D eigenvalue weighted by Gasteiger charge is -2.47. The number of nitrogens with one attached hydrogen (secondary N) is 2. The first kappa shape index (κ1) is 25.3. The summed E-state index contributed by atoms with van der Waals surface area (Å²) in [5.41, 5.74) is 18.1. The SMILES string of the molecule is CCOC(=O)C1=C(C)N(NC(N)=O)C2(N)N(NC(N)=O)C(C)=C(C(=O)OCC)C12C(=O)OC. The maximum absolute atomic E-state index is 13.5. The summed E-state index contributed by atoms with van der Waals surface area (Å²) in [6.07, 6.45) is 0. The number of esters is 3. The molecule has 4 amide bonds. The molecule has 15 heteroatoms. The number of primary amides is 2. The molecule has 33 heavy (non-hydrogen) atoms. The summed E-state index contributed by atoms with van der Waals surface area (Å²) in [5.74, 6) is -5.68. The zero-order chi connectivity index (χ0) is 25.3. The Morgan fingerprint density at radius 1 is 0.848 bits per heavy atom. The van der Waals surface area contributed by atoms with Gasteiger partial charge in [0.2, 0.25) is 5.79 Å². The highest BCUT2D eigenvalue weighted by molar-refractivity contribution is 6.11. The van der Waals surface area contributed by atoms with Gasteiger partial charge >= 0.3 is 30.0 Å². The number of nitrogens with two attached hydrogens (primary N) is 3. The second-order valence-corrected chi connectivity index (χ2v) is 6.95. The third-order valence-electron chi connectivity index (χ3n) is 5.27. The molecule has 0 aromatic heterocycles. The summed E-state index contributed by atoms with van der Waals surface area (Å²) in [4.78, 5) is 63.4. The van der Waals surface area contributed by atoms with E-state index >= 15 is 0 Å². The van der Waals surface area contributed by atoms with Crippen LogP contribution in [0, 0.1) is 5.41 Å². The number of fused-ring (bicyclic) bond motifs is 1. The fourth-order valence-corrected chi connectivity index (χ4v) is 4.28. The molecule has 0 unspecified atom stereocenters. The fourth-order valence-electron chi connectivity index (χ4n) is 4.28. The van der Waals surface area contributed by atoms with Gasteiger partial charge in [0.25, 0.3) is 0 Å². The van der Waals surface area contributed by atoms with Gasteiger partial charge in [0.1, 0.15) is 0 Å². The van der Waals surface area contributed by atoms with Gasteiger partial charge in [0.05, 0.1) is 31.5 Å². The highest BCUT2D eigenvalue weighted by Crippen LogP contribution is 2.60. The van der Waals surface area contributed by atoms with Crippen LogP contribution in [0.25, 0.3) is 0 Å². The highest BCUT2D eigenvalue weighted by Gasteiger charge is 2.78. The van der Waals surface area contributed by atoms with Crippen molar-refractivity contribution in [3.63, 3.8) is 0 Å². The second kappa shape index (κ2) is 8.85.